The molecule has 2 amide bonds. The van der Waals surface area contributed by atoms with E-state index in [0.717, 1.165) is 12.1 Å². The standard InChI is InChI=1S/C14H20N4O2/c1-10-8-14(16-9-13(15)20)18(11(2)19)17(10)12-6-4-3-5-7-12/h3-7,10,14,16H,8-9H2,1-2H3,(H2,15,20)/t10-,14-/m0/s1. The van der Waals surface area contributed by atoms with E-state index in [1.807, 2.05) is 35.3 Å². The topological polar surface area (TPSA) is 78.7 Å². The molecule has 0 unspecified atom stereocenters. The van der Waals surface area contributed by atoms with E-state index in [1.54, 1.807) is 5.01 Å². The zero-order valence-corrected chi connectivity index (χ0v) is 11.7. The SMILES string of the molecule is CC(=O)N1[C@H](NCC(N)=O)C[C@H](C)N1c1ccccc1. The lowest BCUT2D eigenvalue weighted by atomic mass is 10.2. The Bertz CT molecular complexity index is 491. The lowest BCUT2D eigenvalue weighted by molar-refractivity contribution is -0.131. The van der Waals surface area contributed by atoms with E-state index in [4.69, 9.17) is 5.73 Å². The number of carbonyl (C=O) groups excluding carboxylic acids is 2. The Hall–Kier alpha value is -2.08. The first-order chi connectivity index (χ1) is 9.50. The molecule has 1 aliphatic rings. The summed E-state index contributed by atoms with van der Waals surface area (Å²) in [7, 11) is 0. The number of para-hydroxylation sites is 1. The molecule has 6 heteroatoms. The van der Waals surface area contributed by atoms with Gasteiger partial charge in [0.1, 0.15) is 6.17 Å². The zero-order valence-electron chi connectivity index (χ0n) is 11.7. The van der Waals surface area contributed by atoms with Gasteiger partial charge in [-0.15, -0.1) is 0 Å². The molecule has 0 saturated carbocycles. The molecule has 2 atom stereocenters. The summed E-state index contributed by atoms with van der Waals surface area (Å²) in [5.74, 6) is -0.500. The van der Waals surface area contributed by atoms with E-state index >= 15 is 0 Å². The van der Waals surface area contributed by atoms with Crippen LogP contribution in [0, 0.1) is 0 Å². The van der Waals surface area contributed by atoms with Gasteiger partial charge in [-0.05, 0) is 19.1 Å². The Balaban J connectivity index is 2.23. The van der Waals surface area contributed by atoms with Gasteiger partial charge in [-0.2, -0.15) is 0 Å². The van der Waals surface area contributed by atoms with Crippen molar-refractivity contribution in [1.29, 1.82) is 0 Å². The molecule has 1 aliphatic heterocycles. The maximum absolute atomic E-state index is 12.0. The van der Waals surface area contributed by atoms with E-state index in [9.17, 15) is 9.59 Å². The summed E-state index contributed by atoms with van der Waals surface area (Å²) in [4.78, 5) is 22.9. The van der Waals surface area contributed by atoms with E-state index in [-0.39, 0.29) is 24.7 Å². The van der Waals surface area contributed by atoms with Gasteiger partial charge in [0, 0.05) is 13.3 Å². The van der Waals surface area contributed by atoms with Crippen LogP contribution in [-0.2, 0) is 9.59 Å². The van der Waals surface area contributed by atoms with Crippen molar-refractivity contribution < 1.29 is 9.59 Å². The number of carbonyl (C=O) groups is 2. The Labute approximate surface area is 118 Å². The minimum atomic E-state index is -0.431. The van der Waals surface area contributed by atoms with Crippen molar-refractivity contribution in [2.24, 2.45) is 5.73 Å². The number of nitrogens with two attached hydrogens (primary N) is 1. The highest BCUT2D eigenvalue weighted by molar-refractivity contribution is 5.78. The fraction of sp³-hybridized carbons (Fsp3) is 0.429. The molecule has 6 nitrogen and oxygen atoms in total. The number of rotatable bonds is 4. The summed E-state index contributed by atoms with van der Waals surface area (Å²) in [6, 6.07) is 9.89. The minimum absolute atomic E-state index is 0.0593. The number of nitrogens with zero attached hydrogens (tertiary/aromatic N) is 2. The van der Waals surface area contributed by atoms with Crippen molar-refractivity contribution >= 4 is 17.5 Å². The highest BCUT2D eigenvalue weighted by Crippen LogP contribution is 2.29. The largest absolute Gasteiger partial charge is 0.369 e. The molecule has 1 fully saturated rings. The third-order valence-corrected chi connectivity index (χ3v) is 3.36. The summed E-state index contributed by atoms with van der Waals surface area (Å²) in [5.41, 5.74) is 6.11. The third kappa shape index (κ3) is 2.91. The van der Waals surface area contributed by atoms with Crippen LogP contribution in [0.5, 0.6) is 0 Å². The van der Waals surface area contributed by atoms with Crippen LogP contribution in [0.1, 0.15) is 20.3 Å². The van der Waals surface area contributed by atoms with E-state index in [1.165, 1.54) is 6.92 Å². The molecule has 0 bridgehead atoms. The molecule has 1 aromatic rings. The molecular formula is C14H20N4O2. The van der Waals surface area contributed by atoms with Gasteiger partial charge in [0.25, 0.3) is 0 Å². The molecule has 3 N–H and O–H groups in total. The Kier molecular flexibility index (Phi) is 4.24. The molecule has 0 radical (unpaired) electrons. The third-order valence-electron chi connectivity index (χ3n) is 3.36. The summed E-state index contributed by atoms with van der Waals surface area (Å²) >= 11 is 0. The highest BCUT2D eigenvalue weighted by atomic mass is 16.2. The van der Waals surface area contributed by atoms with Crippen molar-refractivity contribution in [2.75, 3.05) is 11.6 Å². The van der Waals surface area contributed by atoms with Crippen LogP contribution in [0.25, 0.3) is 0 Å². The van der Waals surface area contributed by atoms with E-state index < -0.39 is 5.91 Å². The van der Waals surface area contributed by atoms with Crippen LogP contribution >= 0.6 is 0 Å². The predicted molar refractivity (Wildman–Crippen MR) is 76.5 cm³/mol. The number of hydrazine groups is 1. The second-order valence-corrected chi connectivity index (χ2v) is 4.99. The maximum Gasteiger partial charge on any atom is 0.239 e. The lowest BCUT2D eigenvalue weighted by Gasteiger charge is -2.34. The Morgan fingerprint density at radius 2 is 2.00 bits per heavy atom. The monoisotopic (exact) mass is 276 g/mol. The van der Waals surface area contributed by atoms with Gasteiger partial charge in [0.05, 0.1) is 18.3 Å². The molecule has 0 aliphatic carbocycles. The van der Waals surface area contributed by atoms with Crippen LogP contribution < -0.4 is 16.1 Å². The number of amides is 2. The molecule has 1 heterocycles. The summed E-state index contributed by atoms with van der Waals surface area (Å²) in [6.07, 6.45) is 0.525. The first kappa shape index (κ1) is 14.3. The lowest BCUT2D eigenvalue weighted by Crippen LogP contribution is -2.52. The molecule has 2 rings (SSSR count). The predicted octanol–water partition coefficient (Wildman–Crippen LogP) is 0.450. The van der Waals surface area contributed by atoms with Crippen molar-refractivity contribution in [3.05, 3.63) is 30.3 Å². The molecule has 108 valence electrons. The van der Waals surface area contributed by atoms with Gasteiger partial charge in [-0.3, -0.25) is 19.9 Å². The van der Waals surface area contributed by atoms with Gasteiger partial charge in [-0.25, -0.2) is 5.01 Å². The van der Waals surface area contributed by atoms with Crippen LogP contribution in [0.3, 0.4) is 0 Å². The Morgan fingerprint density at radius 1 is 1.35 bits per heavy atom. The molecule has 1 aromatic carbocycles. The average Bonchev–Trinajstić information content (AvgIpc) is 2.74. The number of nitrogens with one attached hydrogen (secondary N) is 1. The highest BCUT2D eigenvalue weighted by Gasteiger charge is 2.38. The number of anilines is 1. The molecular weight excluding hydrogens is 256 g/mol. The smallest absolute Gasteiger partial charge is 0.239 e. The summed E-state index contributed by atoms with van der Waals surface area (Å²) in [5, 5.41) is 6.65. The number of benzene rings is 1. The maximum atomic E-state index is 12.0. The second-order valence-electron chi connectivity index (χ2n) is 4.99. The average molecular weight is 276 g/mol. The first-order valence-electron chi connectivity index (χ1n) is 6.66. The minimum Gasteiger partial charge on any atom is -0.369 e. The molecule has 20 heavy (non-hydrogen) atoms. The van der Waals surface area contributed by atoms with E-state index in [0.29, 0.717) is 0 Å². The van der Waals surface area contributed by atoms with Crippen LogP contribution in [0.2, 0.25) is 0 Å². The Morgan fingerprint density at radius 3 is 2.55 bits per heavy atom. The van der Waals surface area contributed by atoms with Crippen molar-refractivity contribution in [2.45, 2.75) is 32.5 Å². The quantitative estimate of drug-likeness (QED) is 0.837. The summed E-state index contributed by atoms with van der Waals surface area (Å²) < 4.78 is 0. The fourth-order valence-electron chi connectivity index (χ4n) is 2.60. The van der Waals surface area contributed by atoms with Crippen LogP contribution in [-0.4, -0.2) is 35.6 Å². The van der Waals surface area contributed by atoms with Crippen molar-refractivity contribution in [3.8, 4) is 0 Å². The van der Waals surface area contributed by atoms with Gasteiger partial charge < -0.3 is 5.73 Å². The van der Waals surface area contributed by atoms with E-state index in [2.05, 4.69) is 12.2 Å². The normalized spacial score (nSPS) is 22.1. The first-order valence-corrected chi connectivity index (χ1v) is 6.66. The second kappa shape index (κ2) is 5.92. The van der Waals surface area contributed by atoms with Gasteiger partial charge >= 0.3 is 0 Å². The van der Waals surface area contributed by atoms with Crippen molar-refractivity contribution in [1.82, 2.24) is 10.3 Å². The van der Waals surface area contributed by atoms with Crippen molar-refractivity contribution in [3.63, 3.8) is 0 Å². The number of hydrogen-bond donors (Lipinski definition) is 2. The van der Waals surface area contributed by atoms with Gasteiger partial charge in [0.15, 0.2) is 0 Å². The molecule has 0 spiro atoms. The van der Waals surface area contributed by atoms with Crippen LogP contribution in [0.4, 0.5) is 5.69 Å². The molecule has 0 aromatic heterocycles. The van der Waals surface area contributed by atoms with Gasteiger partial charge in [-0.1, -0.05) is 18.2 Å². The number of hydrogen-bond acceptors (Lipinski definition) is 4. The number of primary amides is 1. The zero-order chi connectivity index (χ0) is 14.7. The van der Waals surface area contributed by atoms with Gasteiger partial charge in [0.2, 0.25) is 11.8 Å². The van der Waals surface area contributed by atoms with Crippen LogP contribution in [0.15, 0.2) is 30.3 Å². The summed E-state index contributed by atoms with van der Waals surface area (Å²) in [6.45, 7) is 3.63. The molecule has 1 saturated heterocycles. The fourth-order valence-corrected chi connectivity index (χ4v) is 2.60.